The minimum atomic E-state index is -0.410. The number of carbonyl (C=O) groups excluding carboxylic acids is 8. The van der Waals surface area contributed by atoms with Gasteiger partial charge < -0.3 is 81.4 Å². The average molecular weight is 1610 g/mol. The maximum absolute atomic E-state index is 14.5. The maximum atomic E-state index is 14.5. The van der Waals surface area contributed by atoms with Crippen LogP contribution in [-0.2, 0) is 66.7 Å². The van der Waals surface area contributed by atoms with Gasteiger partial charge in [-0.2, -0.15) is 0 Å². The minimum Gasteiger partial charge on any atom is -0.493 e. The number of aliphatic imine (C=N–C) groups is 1. The van der Waals surface area contributed by atoms with E-state index in [1.54, 1.807) is 30.2 Å². The molecular formula is C89H115N5O22. The fourth-order valence-corrected chi connectivity index (χ4v) is 14.6. The van der Waals surface area contributed by atoms with Crippen molar-refractivity contribution in [1.29, 1.82) is 0 Å². The second-order valence-corrected chi connectivity index (χ2v) is 30.0. The Balaban J connectivity index is 0.531. The summed E-state index contributed by atoms with van der Waals surface area (Å²) in [5, 5.41) is 2.68. The lowest BCUT2D eigenvalue weighted by atomic mass is 9.83. The van der Waals surface area contributed by atoms with E-state index in [0.29, 0.717) is 241 Å². The predicted octanol–water partition coefficient (Wildman–Crippen LogP) is 12.0. The van der Waals surface area contributed by atoms with Crippen molar-refractivity contribution in [2.24, 2.45) is 22.7 Å². The van der Waals surface area contributed by atoms with Crippen LogP contribution in [0.3, 0.4) is 0 Å². The molecule has 6 heterocycles. The lowest BCUT2D eigenvalue weighted by Crippen LogP contribution is -2.35. The normalized spacial score (nSPS) is 17.4. The zero-order valence-electron chi connectivity index (χ0n) is 68.2. The van der Waals surface area contributed by atoms with Gasteiger partial charge in [-0.25, -0.2) is 0 Å². The Morgan fingerprint density at radius 3 is 1.71 bits per heavy atom. The number of fused-ring (bicyclic) bond motifs is 5. The van der Waals surface area contributed by atoms with Crippen LogP contribution in [-0.4, -0.2) is 233 Å². The van der Waals surface area contributed by atoms with Gasteiger partial charge >= 0.3 is 0 Å². The van der Waals surface area contributed by atoms with Crippen LogP contribution in [0.1, 0.15) is 173 Å². The number of methoxy groups -OCH3 is 2. The van der Waals surface area contributed by atoms with E-state index in [2.05, 4.69) is 55.6 Å². The van der Waals surface area contributed by atoms with Gasteiger partial charge in [0.25, 0.3) is 23.6 Å². The highest BCUT2D eigenvalue weighted by Crippen LogP contribution is 2.44. The minimum absolute atomic E-state index is 0.0219. The molecule has 116 heavy (non-hydrogen) atoms. The molecule has 1 N–H and O–H groups in total. The van der Waals surface area contributed by atoms with Gasteiger partial charge in [0.15, 0.2) is 34.5 Å². The number of allylic oxidation sites excluding steroid dienone is 1. The SMILES string of the molecule is COc1cc2c(cc1OCCCOc1cc3c(cc1OC)C(=O)N1C=C(c4ccc5c(c4)OCO5)CC1C=CCC3C)N=CC1CC(c3ccc(C(C)CC(=O)C(C)CCCC(=O)C(CCCC(=O)CCOCCOCCOCCOCCOCCOCCOCCOCCNC(=O)CCN4C(=O)C=CC4=O)C(C)C)cc3)=CN1C2=O. The maximum Gasteiger partial charge on any atom is 0.260 e. The van der Waals surface area contributed by atoms with Crippen LogP contribution in [0, 0.1) is 17.8 Å². The van der Waals surface area contributed by atoms with E-state index in [4.69, 9.17) is 71.3 Å². The molecule has 4 aromatic carbocycles. The fourth-order valence-electron chi connectivity index (χ4n) is 14.6. The molecule has 0 saturated heterocycles. The third-order valence-corrected chi connectivity index (χ3v) is 21.3. The number of nitrogens with zero attached hydrogens (tertiary/aromatic N) is 4. The molecule has 10 rings (SSSR count). The first kappa shape index (κ1) is 88.9. The van der Waals surface area contributed by atoms with Crippen molar-refractivity contribution < 1.29 is 105 Å². The summed E-state index contributed by atoms with van der Waals surface area (Å²) >= 11 is 0. The van der Waals surface area contributed by atoms with Crippen LogP contribution < -0.4 is 33.7 Å². The van der Waals surface area contributed by atoms with Crippen LogP contribution >= 0.6 is 0 Å². The van der Waals surface area contributed by atoms with Crippen LogP contribution in [0.4, 0.5) is 5.69 Å². The third-order valence-electron chi connectivity index (χ3n) is 21.3. The highest BCUT2D eigenvalue weighted by Gasteiger charge is 2.36. The van der Waals surface area contributed by atoms with E-state index >= 15 is 0 Å². The van der Waals surface area contributed by atoms with Gasteiger partial charge in [0, 0.05) is 112 Å². The molecule has 0 saturated carbocycles. The van der Waals surface area contributed by atoms with Crippen molar-refractivity contribution in [2.45, 2.75) is 142 Å². The van der Waals surface area contributed by atoms with Gasteiger partial charge in [0.05, 0.1) is 156 Å². The van der Waals surface area contributed by atoms with Crippen molar-refractivity contribution in [3.63, 3.8) is 0 Å². The van der Waals surface area contributed by atoms with Crippen molar-refractivity contribution in [3.8, 4) is 34.5 Å². The lowest BCUT2D eigenvalue weighted by molar-refractivity contribution is -0.137. The van der Waals surface area contributed by atoms with E-state index in [1.165, 1.54) is 19.3 Å². The van der Waals surface area contributed by atoms with Crippen molar-refractivity contribution in [1.82, 2.24) is 20.0 Å². The molecule has 0 bridgehead atoms. The number of imide groups is 1. The molecule has 6 atom stereocenters. The molecule has 0 aliphatic carbocycles. The number of rotatable bonds is 54. The molecule has 4 aromatic rings. The van der Waals surface area contributed by atoms with E-state index in [-0.39, 0.29) is 103 Å². The topological polar surface area (TPSA) is 300 Å². The average Bonchev–Trinajstić information content (AvgIpc) is 1.58. The summed E-state index contributed by atoms with van der Waals surface area (Å²) in [5.41, 5.74) is 7.35. The predicted molar refractivity (Wildman–Crippen MR) is 434 cm³/mol. The Bertz CT molecular complexity index is 4110. The molecule has 0 spiro atoms. The number of benzene rings is 4. The van der Waals surface area contributed by atoms with Crippen LogP contribution in [0.25, 0.3) is 11.1 Å². The zero-order valence-corrected chi connectivity index (χ0v) is 68.2. The first-order valence-electron chi connectivity index (χ1n) is 40.8. The zero-order chi connectivity index (χ0) is 82.1. The summed E-state index contributed by atoms with van der Waals surface area (Å²) in [6, 6.07) is 20.8. The number of carbonyl (C=O) groups is 8. The molecule has 27 heteroatoms. The quantitative estimate of drug-likeness (QED) is 0.0244. The molecule has 0 fully saturated rings. The molecule has 6 unspecified atom stereocenters. The highest BCUT2D eigenvalue weighted by molar-refractivity contribution is 6.13. The number of Topliss-reactive ketones (excluding diaryl/α,β-unsaturated/α-hetero) is 3. The molecule has 628 valence electrons. The summed E-state index contributed by atoms with van der Waals surface area (Å²) in [5.74, 6) is 2.10. The molecule has 27 nitrogen and oxygen atoms in total. The summed E-state index contributed by atoms with van der Waals surface area (Å²) < 4.78 is 79.7. The molecule has 0 radical (unpaired) electrons. The Kier molecular flexibility index (Phi) is 35.6. The van der Waals surface area contributed by atoms with Crippen molar-refractivity contribution in [2.75, 3.05) is 153 Å². The Hall–Kier alpha value is -9.45. The molecular weight excluding hydrogens is 1490 g/mol. The van der Waals surface area contributed by atoms with Crippen molar-refractivity contribution >= 4 is 69.9 Å². The summed E-state index contributed by atoms with van der Waals surface area (Å²) in [4.78, 5) is 113. The molecule has 0 aromatic heterocycles. The van der Waals surface area contributed by atoms with E-state index < -0.39 is 11.8 Å². The molecule has 6 aliphatic heterocycles. The number of ketones is 3. The number of nitrogens with one attached hydrogen (secondary N) is 1. The standard InChI is InChI=1S/C89H115N5O22/c1-60(2)72(16-10-15-71(95)27-32-105-34-36-107-38-40-109-42-44-111-46-47-112-45-43-110-41-39-108-37-35-106-33-28-90-85(98)26-29-92-86(99)24-25-87(92)100)77(96)17-9-13-62(4)78(97)48-63(5)64-18-20-65(21-19-64)67-50-70-56-91-76-55-84(81(104-7)54-75(76)89(102)94(70)57-67)114-31-11-30-113-83-52-73-61(3)12-8-14-69-49-68(66-22-23-79-82(51-66)116-59-115-79)58-93(69)88(101)74(73)53-80(83)103-6/h8,14,18-25,51-58,60-63,69-70,72H,9-13,15-17,26-50,59H2,1-7H3,(H,90,98). The summed E-state index contributed by atoms with van der Waals surface area (Å²) in [6.45, 7) is 17.6. The number of ether oxygens (including phenoxy) is 14. The second kappa shape index (κ2) is 46.5. The number of hydrogen-bond acceptors (Lipinski definition) is 23. The largest absolute Gasteiger partial charge is 0.493 e. The first-order chi connectivity index (χ1) is 56.4. The first-order valence-corrected chi connectivity index (χ1v) is 40.8. The smallest absolute Gasteiger partial charge is 0.260 e. The molecule has 5 amide bonds. The number of amides is 5. The van der Waals surface area contributed by atoms with Gasteiger partial charge in [-0.05, 0) is 120 Å². The Morgan fingerprint density at radius 2 is 1.09 bits per heavy atom. The van der Waals surface area contributed by atoms with Gasteiger partial charge in [-0.1, -0.05) is 77.1 Å². The van der Waals surface area contributed by atoms with E-state index in [1.807, 2.05) is 68.6 Å². The van der Waals surface area contributed by atoms with Gasteiger partial charge in [0.1, 0.15) is 17.3 Å². The Labute approximate surface area is 680 Å². The summed E-state index contributed by atoms with van der Waals surface area (Å²) in [7, 11) is 3.11. The van der Waals surface area contributed by atoms with Crippen molar-refractivity contribution in [3.05, 3.63) is 137 Å². The van der Waals surface area contributed by atoms with Crippen LogP contribution in [0.5, 0.6) is 34.5 Å². The summed E-state index contributed by atoms with van der Waals surface area (Å²) in [6.07, 6.45) is 18.8. The monoisotopic (exact) mass is 1610 g/mol. The molecule has 6 aliphatic rings. The highest BCUT2D eigenvalue weighted by atomic mass is 16.7. The Morgan fingerprint density at radius 1 is 0.543 bits per heavy atom. The van der Waals surface area contributed by atoms with E-state index in [9.17, 15) is 38.4 Å². The fraction of sp³-hybridized carbons (Fsp3) is 0.539. The number of hydrogen-bond donors (Lipinski definition) is 1. The third kappa shape index (κ3) is 26.3. The lowest BCUT2D eigenvalue weighted by Gasteiger charge is -2.23. The van der Waals surface area contributed by atoms with Crippen LogP contribution in [0.15, 0.2) is 108 Å². The van der Waals surface area contributed by atoms with E-state index in [0.717, 1.165) is 44.7 Å². The van der Waals surface area contributed by atoms with Gasteiger partial charge in [0.2, 0.25) is 12.7 Å². The second-order valence-electron chi connectivity index (χ2n) is 30.0. The van der Waals surface area contributed by atoms with Gasteiger partial charge in [-0.15, -0.1) is 0 Å². The van der Waals surface area contributed by atoms with Gasteiger partial charge in [-0.3, -0.25) is 48.2 Å². The van der Waals surface area contributed by atoms with Crippen LogP contribution in [0.2, 0.25) is 0 Å².